The monoisotopic (exact) mass is 332 g/mol. The lowest BCUT2D eigenvalue weighted by atomic mass is 10.1. The number of hydrogen-bond acceptors (Lipinski definition) is 4. The van der Waals surface area contributed by atoms with E-state index >= 15 is 0 Å². The number of aromatic nitrogens is 2. The van der Waals surface area contributed by atoms with Gasteiger partial charge >= 0.3 is 0 Å². The summed E-state index contributed by atoms with van der Waals surface area (Å²) in [5.74, 6) is 0.587. The van der Waals surface area contributed by atoms with Crippen LogP contribution in [0.1, 0.15) is 29.6 Å². The highest BCUT2D eigenvalue weighted by atomic mass is 16.1. The Morgan fingerprint density at radius 3 is 2.40 bits per heavy atom. The van der Waals surface area contributed by atoms with Gasteiger partial charge < -0.3 is 10.2 Å². The van der Waals surface area contributed by atoms with Crippen molar-refractivity contribution in [2.45, 2.75) is 19.3 Å². The van der Waals surface area contributed by atoms with Crippen molar-refractivity contribution in [2.75, 3.05) is 23.3 Å². The first-order valence-corrected chi connectivity index (χ1v) is 8.67. The van der Waals surface area contributed by atoms with Gasteiger partial charge in [-0.3, -0.25) is 4.79 Å². The molecule has 1 aromatic heterocycles. The predicted octanol–water partition coefficient (Wildman–Crippen LogP) is 3.87. The molecule has 1 N–H and O–H groups in total. The Morgan fingerprint density at radius 1 is 0.920 bits per heavy atom. The summed E-state index contributed by atoms with van der Waals surface area (Å²) in [6, 6.07) is 13.7. The van der Waals surface area contributed by atoms with Crippen LogP contribution >= 0.6 is 0 Å². The zero-order valence-corrected chi connectivity index (χ0v) is 14.0. The van der Waals surface area contributed by atoms with E-state index in [0.717, 1.165) is 29.8 Å². The van der Waals surface area contributed by atoms with E-state index < -0.39 is 0 Å². The van der Waals surface area contributed by atoms with Gasteiger partial charge in [0.2, 0.25) is 5.95 Å². The minimum atomic E-state index is -0.153. The molecule has 4 rings (SSSR count). The molecule has 1 aliphatic heterocycles. The van der Waals surface area contributed by atoms with Gasteiger partial charge in [-0.1, -0.05) is 30.3 Å². The molecule has 5 heteroatoms. The maximum Gasteiger partial charge on any atom is 0.255 e. The molecule has 0 aliphatic carbocycles. The summed E-state index contributed by atoms with van der Waals surface area (Å²) >= 11 is 0. The van der Waals surface area contributed by atoms with Crippen LogP contribution in [0.3, 0.4) is 0 Å². The summed E-state index contributed by atoms with van der Waals surface area (Å²) in [7, 11) is 0. The van der Waals surface area contributed by atoms with Crippen molar-refractivity contribution in [3.8, 4) is 0 Å². The molecule has 126 valence electrons. The number of carbonyl (C=O) groups is 1. The first-order valence-electron chi connectivity index (χ1n) is 8.67. The standard InChI is InChI=1S/C20H20N4O/c25-19(17-9-8-15-6-2-3-7-16(15)12-17)23-18-13-21-20(22-14-18)24-10-4-1-5-11-24/h2-3,6-9,12-14H,1,4-5,10-11H2,(H,23,25). The minimum Gasteiger partial charge on any atom is -0.341 e. The topological polar surface area (TPSA) is 58.1 Å². The van der Waals surface area contributed by atoms with Crippen molar-refractivity contribution >= 4 is 28.3 Å². The van der Waals surface area contributed by atoms with Crippen molar-refractivity contribution in [2.24, 2.45) is 0 Å². The van der Waals surface area contributed by atoms with Crippen LogP contribution in [0.4, 0.5) is 11.6 Å². The van der Waals surface area contributed by atoms with Crippen molar-refractivity contribution < 1.29 is 4.79 Å². The van der Waals surface area contributed by atoms with Gasteiger partial charge in [0.1, 0.15) is 0 Å². The molecule has 0 unspecified atom stereocenters. The molecule has 1 amide bonds. The van der Waals surface area contributed by atoms with Crippen LogP contribution in [0.25, 0.3) is 10.8 Å². The Kier molecular flexibility index (Phi) is 4.29. The summed E-state index contributed by atoms with van der Waals surface area (Å²) in [4.78, 5) is 23.5. The average molecular weight is 332 g/mol. The van der Waals surface area contributed by atoms with Crippen molar-refractivity contribution in [3.63, 3.8) is 0 Å². The van der Waals surface area contributed by atoms with Gasteiger partial charge in [-0.05, 0) is 42.2 Å². The largest absolute Gasteiger partial charge is 0.341 e. The van der Waals surface area contributed by atoms with Crippen LogP contribution in [-0.4, -0.2) is 29.0 Å². The molecular weight excluding hydrogens is 312 g/mol. The van der Waals surface area contributed by atoms with E-state index in [1.54, 1.807) is 12.4 Å². The number of rotatable bonds is 3. The highest BCUT2D eigenvalue weighted by Crippen LogP contribution is 2.18. The van der Waals surface area contributed by atoms with Crippen LogP contribution in [0.5, 0.6) is 0 Å². The number of nitrogens with one attached hydrogen (secondary N) is 1. The van der Waals surface area contributed by atoms with Crippen LogP contribution < -0.4 is 10.2 Å². The first-order chi connectivity index (χ1) is 12.3. The summed E-state index contributed by atoms with van der Waals surface area (Å²) < 4.78 is 0. The summed E-state index contributed by atoms with van der Waals surface area (Å²) in [6.45, 7) is 2.01. The highest BCUT2D eigenvalue weighted by Gasteiger charge is 2.13. The maximum atomic E-state index is 12.5. The third-order valence-electron chi connectivity index (χ3n) is 4.55. The molecule has 0 bridgehead atoms. The summed E-state index contributed by atoms with van der Waals surface area (Å²) in [6.07, 6.45) is 7.00. The van der Waals surface area contributed by atoms with Crippen molar-refractivity contribution in [3.05, 3.63) is 60.4 Å². The second-order valence-corrected chi connectivity index (χ2v) is 6.34. The number of anilines is 2. The van der Waals surface area contributed by atoms with Gasteiger partial charge in [0, 0.05) is 18.7 Å². The zero-order valence-electron chi connectivity index (χ0n) is 14.0. The zero-order chi connectivity index (χ0) is 17.1. The van der Waals surface area contributed by atoms with Gasteiger partial charge in [0.25, 0.3) is 5.91 Å². The molecule has 5 nitrogen and oxygen atoms in total. The average Bonchev–Trinajstić information content (AvgIpc) is 2.69. The van der Waals surface area contributed by atoms with E-state index in [0.29, 0.717) is 11.3 Å². The predicted molar refractivity (Wildman–Crippen MR) is 100.0 cm³/mol. The Labute approximate surface area is 146 Å². The third-order valence-corrected chi connectivity index (χ3v) is 4.55. The van der Waals surface area contributed by atoms with Gasteiger partial charge in [0.15, 0.2) is 0 Å². The molecule has 1 saturated heterocycles. The lowest BCUT2D eigenvalue weighted by molar-refractivity contribution is 0.102. The molecule has 2 heterocycles. The van der Waals surface area contributed by atoms with E-state index in [9.17, 15) is 4.79 Å². The van der Waals surface area contributed by atoms with E-state index in [-0.39, 0.29) is 5.91 Å². The van der Waals surface area contributed by atoms with Crippen LogP contribution in [0.2, 0.25) is 0 Å². The molecule has 0 radical (unpaired) electrons. The fraction of sp³-hybridized carbons (Fsp3) is 0.250. The Bertz CT molecular complexity index is 886. The van der Waals surface area contributed by atoms with Crippen molar-refractivity contribution in [1.82, 2.24) is 9.97 Å². The Morgan fingerprint density at radius 2 is 1.64 bits per heavy atom. The molecule has 3 aromatic rings. The normalized spacial score (nSPS) is 14.5. The Balaban J connectivity index is 1.47. The fourth-order valence-corrected chi connectivity index (χ4v) is 3.18. The second-order valence-electron chi connectivity index (χ2n) is 6.34. The second kappa shape index (κ2) is 6.89. The van der Waals surface area contributed by atoms with E-state index in [1.807, 2.05) is 42.5 Å². The van der Waals surface area contributed by atoms with E-state index in [4.69, 9.17) is 0 Å². The molecular formula is C20H20N4O. The molecule has 0 atom stereocenters. The van der Waals surface area contributed by atoms with E-state index in [1.165, 1.54) is 19.3 Å². The van der Waals surface area contributed by atoms with E-state index in [2.05, 4.69) is 20.2 Å². The number of hydrogen-bond donors (Lipinski definition) is 1. The lowest BCUT2D eigenvalue weighted by Crippen LogP contribution is -2.30. The molecule has 1 fully saturated rings. The molecule has 1 aliphatic rings. The Hall–Kier alpha value is -2.95. The van der Waals surface area contributed by atoms with Gasteiger partial charge in [-0.15, -0.1) is 0 Å². The van der Waals surface area contributed by atoms with Gasteiger partial charge in [-0.25, -0.2) is 9.97 Å². The number of fused-ring (bicyclic) bond motifs is 1. The molecule has 0 spiro atoms. The smallest absolute Gasteiger partial charge is 0.255 e. The quantitative estimate of drug-likeness (QED) is 0.791. The third kappa shape index (κ3) is 3.45. The molecule has 0 saturated carbocycles. The van der Waals surface area contributed by atoms with Crippen LogP contribution in [0, 0.1) is 0 Å². The van der Waals surface area contributed by atoms with Crippen LogP contribution in [0.15, 0.2) is 54.9 Å². The number of piperidine rings is 1. The molecule has 2 aromatic carbocycles. The van der Waals surface area contributed by atoms with Crippen molar-refractivity contribution in [1.29, 1.82) is 0 Å². The van der Waals surface area contributed by atoms with Gasteiger partial charge in [0.05, 0.1) is 18.1 Å². The highest BCUT2D eigenvalue weighted by molar-refractivity contribution is 6.06. The summed E-state index contributed by atoms with van der Waals surface area (Å²) in [5, 5.41) is 5.04. The number of nitrogens with zero attached hydrogens (tertiary/aromatic N) is 3. The van der Waals surface area contributed by atoms with Crippen LogP contribution in [-0.2, 0) is 0 Å². The number of amides is 1. The van der Waals surface area contributed by atoms with Gasteiger partial charge in [-0.2, -0.15) is 0 Å². The summed E-state index contributed by atoms with van der Waals surface area (Å²) in [5.41, 5.74) is 1.23. The minimum absolute atomic E-state index is 0.153. The molecule has 25 heavy (non-hydrogen) atoms. The number of benzene rings is 2. The SMILES string of the molecule is O=C(Nc1cnc(N2CCCCC2)nc1)c1ccc2ccccc2c1. The fourth-order valence-electron chi connectivity index (χ4n) is 3.18. The lowest BCUT2D eigenvalue weighted by Gasteiger charge is -2.26. The first kappa shape index (κ1) is 15.6. The maximum absolute atomic E-state index is 12.5. The number of carbonyl (C=O) groups excluding carboxylic acids is 1.